The maximum absolute atomic E-state index is 12.5. The molecule has 0 unspecified atom stereocenters. The predicted octanol–water partition coefficient (Wildman–Crippen LogP) is 3.35. The van der Waals surface area contributed by atoms with Gasteiger partial charge in [-0.15, -0.1) is 0 Å². The number of methoxy groups -OCH3 is 2. The fourth-order valence-electron chi connectivity index (χ4n) is 3.00. The van der Waals surface area contributed by atoms with Gasteiger partial charge in [0.1, 0.15) is 17.1 Å². The zero-order valence-electron chi connectivity index (χ0n) is 15.8. The molecule has 9 nitrogen and oxygen atoms in total. The Labute approximate surface area is 165 Å². The molecule has 0 radical (unpaired) electrons. The van der Waals surface area contributed by atoms with Crippen molar-refractivity contribution >= 4 is 22.8 Å². The van der Waals surface area contributed by atoms with Gasteiger partial charge in [0, 0.05) is 28.4 Å². The van der Waals surface area contributed by atoms with Gasteiger partial charge >= 0.3 is 11.9 Å². The average molecular weight is 398 g/mol. The number of fused-ring (bicyclic) bond motifs is 1. The third-order valence-corrected chi connectivity index (χ3v) is 4.33. The molecule has 0 saturated carbocycles. The number of hydrogen-bond donors (Lipinski definition) is 1. The Balaban J connectivity index is 2.08. The fraction of sp³-hybridized carbons (Fsp3) is 0.200. The van der Waals surface area contributed by atoms with Crippen LogP contribution in [0.1, 0.15) is 26.3 Å². The van der Waals surface area contributed by atoms with E-state index < -0.39 is 16.9 Å². The molecular weight excluding hydrogens is 380 g/mol. The summed E-state index contributed by atoms with van der Waals surface area (Å²) in [6, 6.07) is 9.61. The van der Waals surface area contributed by atoms with Crippen LogP contribution < -0.4 is 4.74 Å². The van der Waals surface area contributed by atoms with Gasteiger partial charge in [0.2, 0.25) is 6.54 Å². The van der Waals surface area contributed by atoms with E-state index in [1.54, 1.807) is 36.5 Å². The van der Waals surface area contributed by atoms with Crippen LogP contribution >= 0.6 is 0 Å². The van der Waals surface area contributed by atoms with Crippen molar-refractivity contribution in [3.05, 3.63) is 69.4 Å². The molecule has 0 spiro atoms. The third kappa shape index (κ3) is 4.18. The predicted molar refractivity (Wildman–Crippen MR) is 103 cm³/mol. The van der Waals surface area contributed by atoms with E-state index >= 15 is 0 Å². The highest BCUT2D eigenvalue weighted by molar-refractivity contribution is 6.07. The molecule has 9 heteroatoms. The Bertz CT molecular complexity index is 1090. The van der Waals surface area contributed by atoms with Crippen LogP contribution in [0.4, 0.5) is 0 Å². The molecule has 0 aliphatic heterocycles. The first-order valence-corrected chi connectivity index (χ1v) is 8.64. The van der Waals surface area contributed by atoms with Gasteiger partial charge in [-0.3, -0.25) is 10.1 Å². The number of benzene rings is 2. The second kappa shape index (κ2) is 8.42. The van der Waals surface area contributed by atoms with Crippen LogP contribution in [-0.2, 0) is 15.9 Å². The molecule has 0 atom stereocenters. The quantitative estimate of drug-likeness (QED) is 0.368. The summed E-state index contributed by atoms with van der Waals surface area (Å²) in [5.74, 6) is -0.642. The number of nitro groups is 1. The lowest BCUT2D eigenvalue weighted by Gasteiger charge is -2.12. The summed E-state index contributed by atoms with van der Waals surface area (Å²) in [6.07, 6.45) is 1.76. The summed E-state index contributed by atoms with van der Waals surface area (Å²) in [6.45, 7) is -0.278. The van der Waals surface area contributed by atoms with Crippen LogP contribution in [0.25, 0.3) is 10.9 Å². The normalized spacial score (nSPS) is 10.6. The number of rotatable bonds is 7. The van der Waals surface area contributed by atoms with E-state index in [9.17, 15) is 19.7 Å². The van der Waals surface area contributed by atoms with Gasteiger partial charge in [-0.25, -0.2) is 9.59 Å². The van der Waals surface area contributed by atoms with Gasteiger partial charge in [0.25, 0.3) is 0 Å². The van der Waals surface area contributed by atoms with Crippen molar-refractivity contribution in [1.29, 1.82) is 0 Å². The van der Waals surface area contributed by atoms with Gasteiger partial charge in [-0.2, -0.15) is 0 Å². The number of H-pyrrole nitrogens is 1. The van der Waals surface area contributed by atoms with E-state index in [1.165, 1.54) is 20.3 Å². The molecule has 1 heterocycles. The lowest BCUT2D eigenvalue weighted by atomic mass is 10.0. The van der Waals surface area contributed by atoms with E-state index in [0.717, 1.165) is 0 Å². The van der Waals surface area contributed by atoms with Gasteiger partial charge in [0.05, 0.1) is 19.8 Å². The van der Waals surface area contributed by atoms with Gasteiger partial charge in [0.15, 0.2) is 0 Å². The zero-order valence-corrected chi connectivity index (χ0v) is 15.8. The second-order valence-corrected chi connectivity index (χ2v) is 6.09. The number of nitrogens with one attached hydrogen (secondary N) is 1. The van der Waals surface area contributed by atoms with E-state index in [4.69, 9.17) is 14.2 Å². The van der Waals surface area contributed by atoms with Gasteiger partial charge < -0.3 is 19.2 Å². The smallest absolute Gasteiger partial charge is 0.342 e. The monoisotopic (exact) mass is 398 g/mol. The number of nitrogens with zero attached hydrogens (tertiary/aromatic N) is 1. The maximum atomic E-state index is 12.5. The first kappa shape index (κ1) is 19.9. The van der Waals surface area contributed by atoms with E-state index in [0.29, 0.717) is 27.8 Å². The van der Waals surface area contributed by atoms with E-state index in [1.807, 2.05) is 0 Å². The molecular formula is C20H18N2O7. The Morgan fingerprint density at radius 3 is 2.55 bits per heavy atom. The molecule has 2 aromatic carbocycles. The SMILES string of the molecule is COC(=O)c1cccc(Oc2ccc3[nH]cc(CC[N+](=O)[O-])c3c2C(=O)OC)c1. The molecule has 150 valence electrons. The molecule has 29 heavy (non-hydrogen) atoms. The number of ether oxygens (including phenoxy) is 3. The van der Waals surface area contributed by atoms with Crippen LogP contribution in [0.5, 0.6) is 11.5 Å². The maximum Gasteiger partial charge on any atom is 0.342 e. The lowest BCUT2D eigenvalue weighted by Crippen LogP contribution is -2.08. The summed E-state index contributed by atoms with van der Waals surface area (Å²) in [5.41, 5.74) is 1.66. The molecule has 3 aromatic rings. The molecule has 1 aromatic heterocycles. The minimum absolute atomic E-state index is 0.137. The van der Waals surface area contributed by atoms with Crippen molar-refractivity contribution in [2.24, 2.45) is 0 Å². The highest BCUT2D eigenvalue weighted by atomic mass is 16.6. The number of aromatic nitrogens is 1. The van der Waals surface area contributed by atoms with Crippen molar-refractivity contribution in [1.82, 2.24) is 4.98 Å². The highest BCUT2D eigenvalue weighted by Gasteiger charge is 2.22. The number of carbonyl (C=O) groups is 2. The van der Waals surface area contributed by atoms with Crippen molar-refractivity contribution in [2.45, 2.75) is 6.42 Å². The van der Waals surface area contributed by atoms with Crippen molar-refractivity contribution in [3.8, 4) is 11.5 Å². The van der Waals surface area contributed by atoms with Crippen LogP contribution in [0.2, 0.25) is 0 Å². The van der Waals surface area contributed by atoms with Gasteiger partial charge in [-0.1, -0.05) is 6.07 Å². The zero-order chi connectivity index (χ0) is 21.0. The summed E-state index contributed by atoms with van der Waals surface area (Å²) >= 11 is 0. The number of hydrogen-bond acceptors (Lipinski definition) is 7. The van der Waals surface area contributed by atoms with Crippen LogP contribution in [-0.4, -0.2) is 42.6 Å². The summed E-state index contributed by atoms with van der Waals surface area (Å²) < 4.78 is 15.5. The second-order valence-electron chi connectivity index (χ2n) is 6.09. The first-order chi connectivity index (χ1) is 13.9. The van der Waals surface area contributed by atoms with Crippen LogP contribution in [0.15, 0.2) is 42.6 Å². The van der Waals surface area contributed by atoms with E-state index in [2.05, 4.69) is 4.98 Å². The lowest BCUT2D eigenvalue weighted by molar-refractivity contribution is -0.479. The standard InChI is InChI=1S/C20H18N2O7/c1-27-19(23)12-4-3-5-14(10-12)29-16-7-6-15-17(18(16)20(24)28-2)13(11-21-15)8-9-22(25)26/h3-7,10-11,21H,8-9H2,1-2H3. The third-order valence-electron chi connectivity index (χ3n) is 4.33. The Morgan fingerprint density at radius 2 is 1.86 bits per heavy atom. The Morgan fingerprint density at radius 1 is 1.10 bits per heavy atom. The van der Waals surface area contributed by atoms with Gasteiger partial charge in [-0.05, 0) is 35.9 Å². The highest BCUT2D eigenvalue weighted by Crippen LogP contribution is 2.34. The molecule has 0 fully saturated rings. The topological polar surface area (TPSA) is 121 Å². The first-order valence-electron chi connectivity index (χ1n) is 8.64. The molecule has 0 amide bonds. The Kier molecular flexibility index (Phi) is 5.77. The van der Waals surface area contributed by atoms with Crippen molar-refractivity contribution in [2.75, 3.05) is 20.8 Å². The van der Waals surface area contributed by atoms with Crippen molar-refractivity contribution < 1.29 is 28.7 Å². The largest absolute Gasteiger partial charge is 0.465 e. The Hall–Kier alpha value is -3.88. The number of aromatic amines is 1. The summed E-state index contributed by atoms with van der Waals surface area (Å²) in [5, 5.41) is 11.3. The van der Waals surface area contributed by atoms with E-state index in [-0.39, 0.29) is 24.3 Å². The molecule has 1 N–H and O–H groups in total. The molecule has 0 aliphatic carbocycles. The number of esters is 2. The average Bonchev–Trinajstić information content (AvgIpc) is 3.14. The molecule has 0 aliphatic rings. The van der Waals surface area contributed by atoms with Crippen LogP contribution in [0.3, 0.4) is 0 Å². The van der Waals surface area contributed by atoms with Crippen LogP contribution in [0, 0.1) is 10.1 Å². The fourth-order valence-corrected chi connectivity index (χ4v) is 3.00. The molecule has 3 rings (SSSR count). The molecule has 0 saturated heterocycles. The summed E-state index contributed by atoms with van der Waals surface area (Å²) in [7, 11) is 2.52. The minimum atomic E-state index is -0.642. The number of carbonyl (C=O) groups excluding carboxylic acids is 2. The van der Waals surface area contributed by atoms with Crippen molar-refractivity contribution in [3.63, 3.8) is 0 Å². The molecule has 0 bridgehead atoms. The summed E-state index contributed by atoms with van der Waals surface area (Å²) in [4.78, 5) is 37.6. The minimum Gasteiger partial charge on any atom is -0.465 e.